The number of rotatable bonds is 40. The fourth-order valence-corrected chi connectivity index (χ4v) is 7.72. The number of ether oxygens (including phenoxy) is 2. The van der Waals surface area contributed by atoms with Crippen LogP contribution >= 0.6 is 0 Å². The maximum atomic E-state index is 12.8. The average Bonchev–Trinajstić information content (AvgIpc) is 3.18. The van der Waals surface area contributed by atoms with Gasteiger partial charge in [0.15, 0.2) is 0 Å². The van der Waals surface area contributed by atoms with Crippen LogP contribution in [0.15, 0.2) is 24.3 Å². The first-order chi connectivity index (χ1) is 27.3. The highest BCUT2D eigenvalue weighted by molar-refractivity contribution is 5.77. The minimum atomic E-state index is -0.221. The van der Waals surface area contributed by atoms with E-state index in [9.17, 15) is 14.7 Å². The molecule has 0 radical (unpaired) electrons. The normalized spacial score (nSPS) is 12.2. The number of unbranched alkanes of at least 4 members (excludes halogenated alkanes) is 20. The van der Waals surface area contributed by atoms with Crippen molar-refractivity contribution in [2.24, 2.45) is 5.92 Å². The highest BCUT2D eigenvalue weighted by atomic mass is 16.5. The van der Waals surface area contributed by atoms with Gasteiger partial charge in [-0.1, -0.05) is 161 Å². The summed E-state index contributed by atoms with van der Waals surface area (Å²) in [6.07, 6.45) is 33.7. The Hall–Kier alpha value is -1.92. The topological polar surface area (TPSA) is 76.1 Å². The van der Waals surface area contributed by atoms with Crippen molar-refractivity contribution >= 4 is 11.9 Å². The molecule has 0 spiro atoms. The zero-order valence-corrected chi connectivity index (χ0v) is 37.6. The van der Waals surface area contributed by atoms with Gasteiger partial charge >= 0.3 is 11.9 Å². The molecule has 0 aliphatic rings. The SMILES string of the molecule is CCCCCCCCC(CCCCCCCC)OC(=O)CCCCCN(CCCCO)CCCCCCCCCCOC(=O)C(C)c1ccc(CC(C)C)cc1. The van der Waals surface area contributed by atoms with Crippen molar-refractivity contribution in [2.45, 2.75) is 233 Å². The van der Waals surface area contributed by atoms with Crippen molar-refractivity contribution in [3.63, 3.8) is 0 Å². The minimum Gasteiger partial charge on any atom is -0.465 e. The minimum absolute atomic E-state index is 0.0131. The maximum Gasteiger partial charge on any atom is 0.313 e. The van der Waals surface area contributed by atoms with Gasteiger partial charge in [0.25, 0.3) is 0 Å². The lowest BCUT2D eigenvalue weighted by Crippen LogP contribution is -2.27. The molecule has 1 aromatic rings. The Morgan fingerprint density at radius 3 is 1.57 bits per heavy atom. The molecule has 1 rings (SSSR count). The van der Waals surface area contributed by atoms with E-state index in [1.54, 1.807) is 0 Å². The number of aliphatic hydroxyl groups is 1. The number of carbonyl (C=O) groups excluding carboxylic acids is 2. The van der Waals surface area contributed by atoms with Gasteiger partial charge in [-0.2, -0.15) is 0 Å². The van der Waals surface area contributed by atoms with E-state index < -0.39 is 0 Å². The lowest BCUT2D eigenvalue weighted by atomic mass is 9.97. The van der Waals surface area contributed by atoms with Crippen LogP contribution < -0.4 is 0 Å². The summed E-state index contributed by atoms with van der Waals surface area (Å²) in [5, 5.41) is 9.32. The first kappa shape index (κ1) is 52.1. The summed E-state index contributed by atoms with van der Waals surface area (Å²) >= 11 is 0. The molecule has 0 amide bonds. The van der Waals surface area contributed by atoms with Gasteiger partial charge in [-0.15, -0.1) is 0 Å². The second-order valence-corrected chi connectivity index (χ2v) is 17.4. The number of hydrogen-bond acceptors (Lipinski definition) is 6. The van der Waals surface area contributed by atoms with E-state index in [2.05, 4.69) is 56.9 Å². The van der Waals surface area contributed by atoms with Crippen molar-refractivity contribution in [3.8, 4) is 0 Å². The molecule has 1 unspecified atom stereocenters. The molecule has 1 N–H and O–H groups in total. The third-order valence-corrected chi connectivity index (χ3v) is 11.4. The third kappa shape index (κ3) is 30.2. The largest absolute Gasteiger partial charge is 0.465 e. The molecule has 0 bridgehead atoms. The Labute approximate surface area is 347 Å². The molecule has 0 fully saturated rings. The molecule has 1 aromatic carbocycles. The molecular formula is C50H91NO5. The van der Waals surface area contributed by atoms with E-state index >= 15 is 0 Å². The van der Waals surface area contributed by atoms with E-state index in [4.69, 9.17) is 9.47 Å². The predicted molar refractivity (Wildman–Crippen MR) is 238 cm³/mol. The molecule has 0 aliphatic heterocycles. The van der Waals surface area contributed by atoms with E-state index in [0.29, 0.717) is 18.9 Å². The number of benzene rings is 1. The van der Waals surface area contributed by atoms with Gasteiger partial charge < -0.3 is 19.5 Å². The molecule has 0 saturated carbocycles. The fourth-order valence-electron chi connectivity index (χ4n) is 7.72. The molecule has 326 valence electrons. The van der Waals surface area contributed by atoms with E-state index in [1.807, 2.05) is 6.92 Å². The van der Waals surface area contributed by atoms with Crippen LogP contribution in [-0.2, 0) is 25.5 Å². The summed E-state index contributed by atoms with van der Waals surface area (Å²) < 4.78 is 11.7. The summed E-state index contributed by atoms with van der Waals surface area (Å²) in [5.74, 6) is 0.302. The number of carbonyl (C=O) groups is 2. The Balaban J connectivity index is 2.21. The van der Waals surface area contributed by atoms with Gasteiger partial charge in [0.05, 0.1) is 12.5 Å². The summed E-state index contributed by atoms with van der Waals surface area (Å²) in [7, 11) is 0. The second kappa shape index (κ2) is 37.4. The first-order valence-electron chi connectivity index (χ1n) is 24.1. The zero-order chi connectivity index (χ0) is 40.9. The average molecular weight is 786 g/mol. The predicted octanol–water partition coefficient (Wildman–Crippen LogP) is 13.7. The lowest BCUT2D eigenvalue weighted by molar-refractivity contribution is -0.150. The molecule has 0 aromatic heterocycles. The zero-order valence-electron chi connectivity index (χ0n) is 37.6. The number of nitrogens with zero attached hydrogens (tertiary/aromatic N) is 1. The third-order valence-electron chi connectivity index (χ3n) is 11.4. The smallest absolute Gasteiger partial charge is 0.313 e. The van der Waals surface area contributed by atoms with E-state index in [-0.39, 0.29) is 30.6 Å². The molecule has 6 heteroatoms. The van der Waals surface area contributed by atoms with Crippen LogP contribution in [0.1, 0.15) is 231 Å². The van der Waals surface area contributed by atoms with Gasteiger partial charge in [-0.05, 0) is 114 Å². The van der Waals surface area contributed by atoms with Gasteiger partial charge in [0.1, 0.15) is 6.10 Å². The summed E-state index contributed by atoms with van der Waals surface area (Å²) in [6.45, 7) is 15.0. The maximum absolute atomic E-state index is 12.8. The molecule has 6 nitrogen and oxygen atoms in total. The Morgan fingerprint density at radius 2 is 1.05 bits per heavy atom. The van der Waals surface area contributed by atoms with Crippen LogP contribution in [0.2, 0.25) is 0 Å². The number of esters is 2. The van der Waals surface area contributed by atoms with Crippen LogP contribution in [0.3, 0.4) is 0 Å². The van der Waals surface area contributed by atoms with E-state index in [1.165, 1.54) is 121 Å². The molecule has 0 saturated heterocycles. The molecule has 0 heterocycles. The second-order valence-electron chi connectivity index (χ2n) is 17.4. The van der Waals surface area contributed by atoms with Crippen LogP contribution in [0, 0.1) is 5.92 Å². The fraction of sp³-hybridized carbons (Fsp3) is 0.840. The highest BCUT2D eigenvalue weighted by Gasteiger charge is 2.17. The van der Waals surface area contributed by atoms with Gasteiger partial charge in [-0.3, -0.25) is 9.59 Å². The first-order valence-corrected chi connectivity index (χ1v) is 24.1. The molecule has 1 atom stereocenters. The molecular weight excluding hydrogens is 695 g/mol. The van der Waals surface area contributed by atoms with E-state index in [0.717, 1.165) is 89.4 Å². The molecule has 56 heavy (non-hydrogen) atoms. The lowest BCUT2D eigenvalue weighted by Gasteiger charge is -2.22. The van der Waals surface area contributed by atoms with Crippen molar-refractivity contribution in [1.29, 1.82) is 0 Å². The summed E-state index contributed by atoms with van der Waals surface area (Å²) in [6, 6.07) is 8.43. The van der Waals surface area contributed by atoms with Crippen molar-refractivity contribution < 1.29 is 24.2 Å². The highest BCUT2D eigenvalue weighted by Crippen LogP contribution is 2.21. The van der Waals surface area contributed by atoms with Gasteiger partial charge in [0, 0.05) is 13.0 Å². The van der Waals surface area contributed by atoms with Crippen LogP contribution in [0.25, 0.3) is 0 Å². The quantitative estimate of drug-likeness (QED) is 0.0527. The Bertz CT molecular complexity index is 1010. The summed E-state index contributed by atoms with van der Waals surface area (Å²) in [4.78, 5) is 28.0. The number of aliphatic hydroxyl groups excluding tert-OH is 1. The summed E-state index contributed by atoms with van der Waals surface area (Å²) in [5.41, 5.74) is 2.35. The van der Waals surface area contributed by atoms with Crippen LogP contribution in [0.4, 0.5) is 0 Å². The van der Waals surface area contributed by atoms with Gasteiger partial charge in [-0.25, -0.2) is 0 Å². The van der Waals surface area contributed by atoms with Gasteiger partial charge in [0.2, 0.25) is 0 Å². The van der Waals surface area contributed by atoms with Crippen molar-refractivity contribution in [3.05, 3.63) is 35.4 Å². The standard InChI is InChI=1S/C50H91NO5/c1-6-8-10-12-18-23-31-48(32-24-19-13-11-9-7-2)56-49(53)33-25-22-27-39-51(40-28-29-41-52)38-26-20-16-14-15-17-21-30-42-55-50(54)45(5)47-36-34-46(35-37-47)43-44(3)4/h34-37,44-45,48,52H,6-33,38-43H2,1-5H3. The van der Waals surface area contributed by atoms with Crippen LogP contribution in [0.5, 0.6) is 0 Å². The Morgan fingerprint density at radius 1 is 0.589 bits per heavy atom. The number of hydrogen-bond donors (Lipinski definition) is 1. The van der Waals surface area contributed by atoms with Crippen molar-refractivity contribution in [2.75, 3.05) is 32.8 Å². The van der Waals surface area contributed by atoms with Crippen molar-refractivity contribution in [1.82, 2.24) is 4.90 Å². The molecule has 0 aliphatic carbocycles. The Kier molecular flexibility index (Phi) is 34.8. The monoisotopic (exact) mass is 786 g/mol. The van der Waals surface area contributed by atoms with Crippen LogP contribution in [-0.4, -0.2) is 60.9 Å².